The highest BCUT2D eigenvalue weighted by atomic mass is 32.2. The van der Waals surface area contributed by atoms with Crippen LogP contribution in [0.15, 0.2) is 59.8 Å². The number of ether oxygens (including phenoxy) is 1. The van der Waals surface area contributed by atoms with E-state index < -0.39 is 0 Å². The van der Waals surface area contributed by atoms with Crippen LogP contribution in [0.4, 0.5) is 5.69 Å². The maximum Gasteiger partial charge on any atom is 0.237 e. The minimum Gasteiger partial charge on any atom is -0.486 e. The fourth-order valence-corrected chi connectivity index (χ4v) is 3.87. The van der Waals surface area contributed by atoms with E-state index >= 15 is 0 Å². The van der Waals surface area contributed by atoms with E-state index in [1.807, 2.05) is 65.0 Å². The van der Waals surface area contributed by atoms with E-state index in [0.29, 0.717) is 17.5 Å². The third kappa shape index (κ3) is 3.83. The first-order valence-corrected chi connectivity index (χ1v) is 9.78. The van der Waals surface area contributed by atoms with Gasteiger partial charge in [0.1, 0.15) is 12.4 Å². The molecule has 6 nitrogen and oxygen atoms in total. The first-order valence-electron chi connectivity index (χ1n) is 8.79. The predicted molar refractivity (Wildman–Crippen MR) is 105 cm³/mol. The van der Waals surface area contributed by atoms with Crippen molar-refractivity contribution >= 4 is 23.4 Å². The Hall–Kier alpha value is -2.80. The summed E-state index contributed by atoms with van der Waals surface area (Å²) in [5.74, 6) is 1.94. The van der Waals surface area contributed by atoms with E-state index in [2.05, 4.69) is 16.3 Å². The van der Waals surface area contributed by atoms with Gasteiger partial charge in [-0.3, -0.25) is 4.79 Å². The first-order chi connectivity index (χ1) is 13.2. The third-order valence-corrected chi connectivity index (χ3v) is 5.55. The molecule has 0 aliphatic carbocycles. The number of anilines is 1. The van der Waals surface area contributed by atoms with Gasteiger partial charge in [-0.05, 0) is 30.2 Å². The Kier molecular flexibility index (Phi) is 5.11. The van der Waals surface area contributed by atoms with Crippen molar-refractivity contribution in [1.82, 2.24) is 14.8 Å². The number of fused-ring (bicyclic) bond motifs is 1. The smallest absolute Gasteiger partial charge is 0.237 e. The third-order valence-electron chi connectivity index (χ3n) is 4.55. The first kappa shape index (κ1) is 17.6. The van der Waals surface area contributed by atoms with Crippen molar-refractivity contribution in [3.8, 4) is 5.75 Å². The summed E-state index contributed by atoms with van der Waals surface area (Å²) in [5.41, 5.74) is 2.26. The minimum atomic E-state index is 0.0926. The molecule has 27 heavy (non-hydrogen) atoms. The molecule has 0 atom stereocenters. The molecule has 0 saturated heterocycles. The highest BCUT2D eigenvalue weighted by Crippen LogP contribution is 2.28. The number of benzene rings is 2. The van der Waals surface area contributed by atoms with E-state index in [0.717, 1.165) is 30.2 Å². The number of hydrogen-bond donors (Lipinski definition) is 0. The molecule has 2 aromatic carbocycles. The fourth-order valence-electron chi connectivity index (χ4n) is 3.06. The Morgan fingerprint density at radius 1 is 1.11 bits per heavy atom. The van der Waals surface area contributed by atoms with Gasteiger partial charge in [-0.1, -0.05) is 48.2 Å². The van der Waals surface area contributed by atoms with Gasteiger partial charge in [0.2, 0.25) is 5.91 Å². The number of para-hydroxylation sites is 2. The normalized spacial score (nSPS) is 12.9. The van der Waals surface area contributed by atoms with Crippen molar-refractivity contribution in [3.63, 3.8) is 0 Å². The molecule has 1 aromatic heterocycles. The topological polar surface area (TPSA) is 60.2 Å². The lowest BCUT2D eigenvalue weighted by Gasteiger charge is -2.16. The van der Waals surface area contributed by atoms with Crippen LogP contribution in [0, 0.1) is 0 Å². The molecule has 0 radical (unpaired) electrons. The lowest BCUT2D eigenvalue weighted by atomic mass is 10.2. The molecular formula is C20H20N4O2S. The minimum absolute atomic E-state index is 0.0926. The molecule has 7 heteroatoms. The molecule has 0 fully saturated rings. The summed E-state index contributed by atoms with van der Waals surface area (Å²) < 4.78 is 7.60. The van der Waals surface area contributed by atoms with Crippen molar-refractivity contribution in [2.75, 3.05) is 17.2 Å². The molecule has 0 saturated carbocycles. The molecule has 4 rings (SSSR count). The van der Waals surface area contributed by atoms with Crippen LogP contribution in [0.3, 0.4) is 0 Å². The summed E-state index contributed by atoms with van der Waals surface area (Å²) in [4.78, 5) is 14.5. The molecule has 3 aromatic rings. The highest BCUT2D eigenvalue weighted by molar-refractivity contribution is 7.99. The zero-order chi connectivity index (χ0) is 18.6. The molecule has 1 amide bonds. The molecule has 0 spiro atoms. The lowest BCUT2D eigenvalue weighted by Crippen LogP contribution is -2.30. The Bertz CT molecular complexity index is 942. The van der Waals surface area contributed by atoms with Gasteiger partial charge in [-0.2, -0.15) is 0 Å². The number of carbonyl (C=O) groups is 1. The van der Waals surface area contributed by atoms with Gasteiger partial charge in [0.25, 0.3) is 0 Å². The second-order valence-electron chi connectivity index (χ2n) is 6.27. The van der Waals surface area contributed by atoms with Gasteiger partial charge in [0.15, 0.2) is 11.0 Å². The van der Waals surface area contributed by atoms with Crippen LogP contribution in [-0.2, 0) is 24.9 Å². The Morgan fingerprint density at radius 3 is 2.74 bits per heavy atom. The average Bonchev–Trinajstić information content (AvgIpc) is 3.29. The van der Waals surface area contributed by atoms with Crippen molar-refractivity contribution in [2.45, 2.75) is 18.2 Å². The van der Waals surface area contributed by atoms with Crippen LogP contribution in [-0.4, -0.2) is 33.0 Å². The maximum absolute atomic E-state index is 12.6. The summed E-state index contributed by atoms with van der Waals surface area (Å²) >= 11 is 1.40. The van der Waals surface area contributed by atoms with Gasteiger partial charge in [-0.15, -0.1) is 10.2 Å². The van der Waals surface area contributed by atoms with Crippen molar-refractivity contribution in [3.05, 3.63) is 66.0 Å². The zero-order valence-corrected chi connectivity index (χ0v) is 15.9. The van der Waals surface area contributed by atoms with Crippen LogP contribution in [0.1, 0.15) is 11.4 Å². The predicted octanol–water partition coefficient (Wildman–Crippen LogP) is 3.08. The number of rotatable bonds is 6. The zero-order valence-electron chi connectivity index (χ0n) is 15.0. The largest absolute Gasteiger partial charge is 0.486 e. The molecular weight excluding hydrogens is 360 g/mol. The number of amides is 1. The summed E-state index contributed by atoms with van der Waals surface area (Å²) in [5, 5.41) is 9.09. The number of hydrogen-bond acceptors (Lipinski definition) is 5. The Labute approximate surface area is 162 Å². The second kappa shape index (κ2) is 7.84. The monoisotopic (exact) mass is 380 g/mol. The van der Waals surface area contributed by atoms with Gasteiger partial charge in [-0.25, -0.2) is 0 Å². The van der Waals surface area contributed by atoms with E-state index in [1.165, 1.54) is 17.3 Å². The molecule has 0 unspecified atom stereocenters. The standard InChI is InChI=1S/C20H20N4O2S/c1-23-18(13-26-16-8-3-2-4-9-16)21-22-20(23)27-14-19(25)24-12-11-15-7-5-6-10-17(15)24/h2-10H,11-14H2,1H3. The number of carbonyl (C=O) groups excluding carboxylic acids is 1. The summed E-state index contributed by atoms with van der Waals surface area (Å²) in [6, 6.07) is 17.7. The molecule has 1 aliphatic heterocycles. The van der Waals surface area contributed by atoms with Crippen LogP contribution in [0.2, 0.25) is 0 Å². The number of thioether (sulfide) groups is 1. The summed E-state index contributed by atoms with van der Waals surface area (Å²) in [6.07, 6.45) is 0.914. The lowest BCUT2D eigenvalue weighted by molar-refractivity contribution is -0.116. The Balaban J connectivity index is 1.35. The molecule has 0 bridgehead atoms. The van der Waals surface area contributed by atoms with E-state index in [-0.39, 0.29) is 5.91 Å². The van der Waals surface area contributed by atoms with Gasteiger partial charge >= 0.3 is 0 Å². The van der Waals surface area contributed by atoms with Crippen molar-refractivity contribution in [2.24, 2.45) is 7.05 Å². The van der Waals surface area contributed by atoms with Crippen LogP contribution >= 0.6 is 11.8 Å². The number of aromatic nitrogens is 3. The fraction of sp³-hybridized carbons (Fsp3) is 0.250. The van der Waals surface area contributed by atoms with E-state index in [4.69, 9.17) is 4.74 Å². The molecule has 1 aliphatic rings. The average molecular weight is 380 g/mol. The molecule has 2 heterocycles. The second-order valence-corrected chi connectivity index (χ2v) is 7.21. The van der Waals surface area contributed by atoms with Crippen molar-refractivity contribution in [1.29, 1.82) is 0 Å². The molecule has 0 N–H and O–H groups in total. The van der Waals surface area contributed by atoms with Gasteiger partial charge in [0.05, 0.1) is 5.75 Å². The van der Waals surface area contributed by atoms with Crippen LogP contribution < -0.4 is 9.64 Å². The quantitative estimate of drug-likeness (QED) is 0.615. The van der Waals surface area contributed by atoms with Crippen molar-refractivity contribution < 1.29 is 9.53 Å². The Morgan fingerprint density at radius 2 is 1.89 bits per heavy atom. The summed E-state index contributed by atoms with van der Waals surface area (Å²) in [6.45, 7) is 1.08. The van der Waals surface area contributed by atoms with E-state index in [9.17, 15) is 4.79 Å². The molecule has 138 valence electrons. The number of nitrogens with zero attached hydrogens (tertiary/aromatic N) is 4. The van der Waals surface area contributed by atoms with Gasteiger partial charge < -0.3 is 14.2 Å². The van der Waals surface area contributed by atoms with Crippen LogP contribution in [0.5, 0.6) is 5.75 Å². The highest BCUT2D eigenvalue weighted by Gasteiger charge is 2.24. The summed E-state index contributed by atoms with van der Waals surface area (Å²) in [7, 11) is 1.89. The van der Waals surface area contributed by atoms with Crippen LogP contribution in [0.25, 0.3) is 0 Å². The maximum atomic E-state index is 12.6. The SMILES string of the molecule is Cn1c(COc2ccccc2)nnc1SCC(=O)N1CCc2ccccc21. The van der Waals surface area contributed by atoms with Gasteiger partial charge in [0, 0.05) is 19.3 Å². The van der Waals surface area contributed by atoms with E-state index in [1.54, 1.807) is 0 Å².